The second-order valence-corrected chi connectivity index (χ2v) is 7.81. The number of ether oxygens (including phenoxy) is 1. The van der Waals surface area contributed by atoms with Gasteiger partial charge in [0.15, 0.2) is 0 Å². The average Bonchev–Trinajstić information content (AvgIpc) is 3.13. The molecule has 0 bridgehead atoms. The molecule has 1 aliphatic heterocycles. The minimum Gasteiger partial charge on any atom is -0.497 e. The van der Waals surface area contributed by atoms with Gasteiger partial charge in [-0.2, -0.15) is 0 Å². The van der Waals surface area contributed by atoms with Gasteiger partial charge in [0.05, 0.1) is 18.6 Å². The summed E-state index contributed by atoms with van der Waals surface area (Å²) in [5.41, 5.74) is 0.856. The minimum atomic E-state index is -1.01. The number of benzene rings is 2. The molecule has 0 saturated carbocycles. The fourth-order valence-corrected chi connectivity index (χ4v) is 3.48. The fraction of sp³-hybridized carbons (Fsp3) is 0.391. The first-order valence-corrected chi connectivity index (χ1v) is 9.86. The van der Waals surface area contributed by atoms with E-state index in [1.165, 1.54) is 0 Å². The Morgan fingerprint density at radius 2 is 2.00 bits per heavy atom. The van der Waals surface area contributed by atoms with Crippen molar-refractivity contribution in [3.05, 3.63) is 60.2 Å². The van der Waals surface area contributed by atoms with E-state index < -0.39 is 11.5 Å². The van der Waals surface area contributed by atoms with Gasteiger partial charge >= 0.3 is 0 Å². The van der Waals surface area contributed by atoms with Crippen molar-refractivity contribution in [1.29, 1.82) is 0 Å². The summed E-state index contributed by atoms with van der Waals surface area (Å²) in [7, 11) is 1.57. The molecular weight excluding hydrogens is 368 g/mol. The molecule has 1 heterocycles. The zero-order valence-electron chi connectivity index (χ0n) is 16.9. The van der Waals surface area contributed by atoms with Gasteiger partial charge in [-0.25, -0.2) is 0 Å². The SMILES string of the molecule is COc1cccc(N2CC(C(=O)NCC(C)(O)CCc3ccccc3)CC2=O)c1. The number of nitrogens with zero attached hydrogens (tertiary/aromatic N) is 1. The first-order valence-electron chi connectivity index (χ1n) is 9.86. The summed E-state index contributed by atoms with van der Waals surface area (Å²) in [5.74, 6) is -0.0609. The largest absolute Gasteiger partial charge is 0.497 e. The Kier molecular flexibility index (Phi) is 6.54. The highest BCUT2D eigenvalue weighted by Crippen LogP contribution is 2.28. The van der Waals surface area contributed by atoms with Crippen molar-refractivity contribution in [2.75, 3.05) is 25.1 Å². The van der Waals surface area contributed by atoms with Crippen molar-refractivity contribution in [2.45, 2.75) is 31.8 Å². The van der Waals surface area contributed by atoms with E-state index in [1.807, 2.05) is 48.5 Å². The molecule has 1 saturated heterocycles. The Bertz CT molecular complexity index is 851. The van der Waals surface area contributed by atoms with Crippen LogP contribution in [0.2, 0.25) is 0 Å². The maximum absolute atomic E-state index is 12.6. The van der Waals surface area contributed by atoms with E-state index in [9.17, 15) is 14.7 Å². The van der Waals surface area contributed by atoms with Crippen molar-refractivity contribution in [2.24, 2.45) is 5.92 Å². The van der Waals surface area contributed by atoms with Crippen molar-refractivity contribution in [3.8, 4) is 5.75 Å². The molecule has 2 aromatic carbocycles. The van der Waals surface area contributed by atoms with Crippen molar-refractivity contribution in [1.82, 2.24) is 5.32 Å². The van der Waals surface area contributed by atoms with E-state index >= 15 is 0 Å². The van der Waals surface area contributed by atoms with E-state index in [1.54, 1.807) is 25.0 Å². The van der Waals surface area contributed by atoms with E-state index in [0.29, 0.717) is 18.7 Å². The third-order valence-corrected chi connectivity index (χ3v) is 5.30. The molecule has 1 aliphatic rings. The maximum Gasteiger partial charge on any atom is 0.227 e. The molecule has 0 spiro atoms. The number of amides is 2. The first kappa shape index (κ1) is 20.9. The number of aryl methyl sites for hydroxylation is 1. The van der Waals surface area contributed by atoms with Gasteiger partial charge in [0, 0.05) is 31.3 Å². The van der Waals surface area contributed by atoms with E-state index in [2.05, 4.69) is 5.32 Å². The van der Waals surface area contributed by atoms with Crippen LogP contribution in [0.3, 0.4) is 0 Å². The van der Waals surface area contributed by atoms with Gasteiger partial charge in [-0.05, 0) is 37.5 Å². The number of rotatable bonds is 8. The van der Waals surface area contributed by atoms with Crippen LogP contribution in [0, 0.1) is 5.92 Å². The van der Waals surface area contributed by atoms with Crippen molar-refractivity contribution in [3.63, 3.8) is 0 Å². The minimum absolute atomic E-state index is 0.0887. The van der Waals surface area contributed by atoms with Crippen LogP contribution in [0.25, 0.3) is 0 Å². The second kappa shape index (κ2) is 9.09. The number of aliphatic hydroxyl groups is 1. The zero-order chi connectivity index (χ0) is 20.9. The third-order valence-electron chi connectivity index (χ3n) is 5.30. The number of carbonyl (C=O) groups is 2. The molecule has 1 fully saturated rings. The predicted molar refractivity (Wildman–Crippen MR) is 112 cm³/mol. The molecule has 6 heteroatoms. The van der Waals surface area contributed by atoms with Crippen LogP contribution in [-0.4, -0.2) is 42.7 Å². The maximum atomic E-state index is 12.6. The zero-order valence-corrected chi connectivity index (χ0v) is 16.9. The summed E-state index contributed by atoms with van der Waals surface area (Å²) in [4.78, 5) is 26.6. The summed E-state index contributed by atoms with van der Waals surface area (Å²) >= 11 is 0. The topological polar surface area (TPSA) is 78.9 Å². The van der Waals surface area contributed by atoms with Gasteiger partial charge in [0.1, 0.15) is 5.75 Å². The number of carbonyl (C=O) groups excluding carboxylic acids is 2. The molecule has 0 aromatic heterocycles. The van der Waals surface area contributed by atoms with Gasteiger partial charge in [-0.3, -0.25) is 9.59 Å². The Morgan fingerprint density at radius 1 is 1.24 bits per heavy atom. The molecule has 3 rings (SSSR count). The van der Waals surface area contributed by atoms with Gasteiger partial charge < -0.3 is 20.1 Å². The van der Waals surface area contributed by atoms with Gasteiger partial charge in [-0.15, -0.1) is 0 Å². The van der Waals surface area contributed by atoms with E-state index in [4.69, 9.17) is 4.74 Å². The number of hydrogen-bond acceptors (Lipinski definition) is 4. The van der Waals surface area contributed by atoms with Gasteiger partial charge in [0.2, 0.25) is 11.8 Å². The number of nitrogens with one attached hydrogen (secondary N) is 1. The van der Waals surface area contributed by atoms with E-state index in [0.717, 1.165) is 17.7 Å². The number of hydrogen-bond donors (Lipinski definition) is 2. The first-order chi connectivity index (χ1) is 13.9. The second-order valence-electron chi connectivity index (χ2n) is 7.81. The predicted octanol–water partition coefficient (Wildman–Crippen LogP) is 2.55. The Labute approximate surface area is 171 Å². The Hall–Kier alpha value is -2.86. The summed E-state index contributed by atoms with van der Waals surface area (Å²) in [6, 6.07) is 17.2. The summed E-state index contributed by atoms with van der Waals surface area (Å²) in [5, 5.41) is 13.4. The lowest BCUT2D eigenvalue weighted by Crippen LogP contribution is -2.43. The average molecular weight is 396 g/mol. The monoisotopic (exact) mass is 396 g/mol. The smallest absolute Gasteiger partial charge is 0.227 e. The number of methoxy groups -OCH3 is 1. The standard InChI is InChI=1S/C23H28N2O4/c1-23(28,12-11-17-7-4-3-5-8-17)16-24-22(27)18-13-21(26)25(15-18)19-9-6-10-20(14-19)29-2/h3-10,14,18,28H,11-13,15-16H2,1-2H3,(H,24,27). The normalized spacial score (nSPS) is 18.4. The highest BCUT2D eigenvalue weighted by molar-refractivity contribution is 6.00. The number of anilines is 1. The molecule has 2 atom stereocenters. The van der Waals surface area contributed by atoms with Crippen LogP contribution >= 0.6 is 0 Å². The third kappa shape index (κ3) is 5.57. The fourth-order valence-electron chi connectivity index (χ4n) is 3.48. The van der Waals surface area contributed by atoms with E-state index in [-0.39, 0.29) is 24.8 Å². The highest BCUT2D eigenvalue weighted by atomic mass is 16.5. The highest BCUT2D eigenvalue weighted by Gasteiger charge is 2.35. The van der Waals surface area contributed by atoms with Crippen LogP contribution in [0.4, 0.5) is 5.69 Å². The van der Waals surface area contributed by atoms with Crippen LogP contribution < -0.4 is 15.0 Å². The molecule has 2 amide bonds. The molecule has 0 aliphatic carbocycles. The quantitative estimate of drug-likeness (QED) is 0.719. The Morgan fingerprint density at radius 3 is 2.72 bits per heavy atom. The summed E-state index contributed by atoms with van der Waals surface area (Å²) < 4.78 is 5.21. The van der Waals surface area contributed by atoms with Gasteiger partial charge in [-0.1, -0.05) is 36.4 Å². The molecular formula is C23H28N2O4. The van der Waals surface area contributed by atoms with Gasteiger partial charge in [0.25, 0.3) is 0 Å². The van der Waals surface area contributed by atoms with Crippen molar-refractivity contribution >= 4 is 17.5 Å². The molecule has 2 N–H and O–H groups in total. The summed E-state index contributed by atoms with van der Waals surface area (Å²) in [6.45, 7) is 2.20. The van der Waals surface area contributed by atoms with Crippen LogP contribution in [0.1, 0.15) is 25.3 Å². The van der Waals surface area contributed by atoms with Crippen molar-refractivity contribution < 1.29 is 19.4 Å². The Balaban J connectivity index is 1.52. The molecule has 6 nitrogen and oxygen atoms in total. The molecule has 2 aromatic rings. The van der Waals surface area contributed by atoms with Crippen LogP contribution in [-0.2, 0) is 16.0 Å². The van der Waals surface area contributed by atoms with Crippen LogP contribution in [0.15, 0.2) is 54.6 Å². The summed E-state index contributed by atoms with van der Waals surface area (Å²) in [6.07, 6.45) is 1.43. The molecule has 0 radical (unpaired) electrons. The lowest BCUT2D eigenvalue weighted by molar-refractivity contribution is -0.127. The molecule has 29 heavy (non-hydrogen) atoms. The molecule has 154 valence electrons. The lowest BCUT2D eigenvalue weighted by Gasteiger charge is -2.24. The van der Waals surface area contributed by atoms with Crippen LogP contribution in [0.5, 0.6) is 5.75 Å². The lowest BCUT2D eigenvalue weighted by atomic mass is 9.96. The molecule has 2 unspecified atom stereocenters.